The van der Waals surface area contributed by atoms with E-state index in [2.05, 4.69) is 18.3 Å². The molecular weight excluding hydrogens is 248 g/mol. The maximum Gasteiger partial charge on any atom is 0.240 e. The fraction of sp³-hybridized carbons (Fsp3) is 0.615. The van der Waals surface area contributed by atoms with Crippen molar-refractivity contribution in [2.24, 2.45) is 0 Å². The van der Waals surface area contributed by atoms with Crippen molar-refractivity contribution in [2.45, 2.75) is 31.5 Å². The van der Waals surface area contributed by atoms with Crippen LogP contribution in [0.5, 0.6) is 0 Å². The molecule has 0 radical (unpaired) electrons. The van der Waals surface area contributed by atoms with E-state index in [9.17, 15) is 4.79 Å². The summed E-state index contributed by atoms with van der Waals surface area (Å²) in [5.41, 5.74) is 0. The summed E-state index contributed by atoms with van der Waals surface area (Å²) in [6, 6.07) is 4.10. The van der Waals surface area contributed by atoms with E-state index in [1.807, 2.05) is 23.4 Å². The van der Waals surface area contributed by atoms with Gasteiger partial charge in [0.05, 0.1) is 18.2 Å². The van der Waals surface area contributed by atoms with E-state index >= 15 is 0 Å². The predicted molar refractivity (Wildman–Crippen MR) is 72.7 cm³/mol. The molecule has 1 aliphatic rings. The molecule has 1 saturated heterocycles. The number of likely N-dealkylation sites (N-methyl/N-ethyl adjacent to an activating group) is 1. The SMILES string of the molecule is COC1CNC(C(=O)N(C)C(C)c2cccs2)C1. The van der Waals surface area contributed by atoms with Crippen molar-refractivity contribution in [3.05, 3.63) is 22.4 Å². The first-order valence-corrected chi connectivity index (χ1v) is 7.07. The minimum Gasteiger partial charge on any atom is -0.380 e. The summed E-state index contributed by atoms with van der Waals surface area (Å²) < 4.78 is 5.27. The summed E-state index contributed by atoms with van der Waals surface area (Å²) in [7, 11) is 3.56. The average Bonchev–Trinajstić information content (AvgIpc) is 3.06. The van der Waals surface area contributed by atoms with Gasteiger partial charge in [0.1, 0.15) is 0 Å². The zero-order valence-electron chi connectivity index (χ0n) is 11.1. The highest BCUT2D eigenvalue weighted by atomic mass is 32.1. The number of hydrogen-bond donors (Lipinski definition) is 1. The third-order valence-electron chi connectivity index (χ3n) is 3.61. The van der Waals surface area contributed by atoms with E-state index in [-0.39, 0.29) is 24.1 Å². The van der Waals surface area contributed by atoms with Gasteiger partial charge in [-0.05, 0) is 24.8 Å². The number of carbonyl (C=O) groups is 1. The van der Waals surface area contributed by atoms with Crippen molar-refractivity contribution in [3.63, 3.8) is 0 Å². The van der Waals surface area contributed by atoms with Crippen LogP contribution in [0.25, 0.3) is 0 Å². The van der Waals surface area contributed by atoms with Crippen molar-refractivity contribution in [1.82, 2.24) is 10.2 Å². The Morgan fingerprint density at radius 3 is 3.00 bits per heavy atom. The first-order valence-electron chi connectivity index (χ1n) is 6.19. The Morgan fingerprint density at radius 2 is 2.44 bits per heavy atom. The first-order chi connectivity index (χ1) is 8.63. The molecule has 4 nitrogen and oxygen atoms in total. The summed E-state index contributed by atoms with van der Waals surface area (Å²) in [4.78, 5) is 15.4. The van der Waals surface area contributed by atoms with Crippen LogP contribution in [0.2, 0.25) is 0 Å². The normalized spacial score (nSPS) is 25.1. The van der Waals surface area contributed by atoms with E-state index < -0.39 is 0 Å². The van der Waals surface area contributed by atoms with Crippen LogP contribution < -0.4 is 5.32 Å². The van der Waals surface area contributed by atoms with Crippen molar-refractivity contribution >= 4 is 17.2 Å². The van der Waals surface area contributed by atoms with Gasteiger partial charge in [0.25, 0.3) is 0 Å². The molecule has 1 aromatic heterocycles. The van der Waals surface area contributed by atoms with E-state index in [1.54, 1.807) is 18.4 Å². The molecule has 3 unspecified atom stereocenters. The Balaban J connectivity index is 1.97. The number of nitrogens with one attached hydrogen (secondary N) is 1. The molecule has 1 aliphatic heterocycles. The van der Waals surface area contributed by atoms with Crippen LogP contribution in [0, 0.1) is 0 Å². The molecule has 0 aromatic carbocycles. The third-order valence-corrected chi connectivity index (χ3v) is 4.65. The minimum absolute atomic E-state index is 0.109. The van der Waals surface area contributed by atoms with E-state index in [0.717, 1.165) is 13.0 Å². The Kier molecular flexibility index (Phi) is 4.37. The molecule has 5 heteroatoms. The van der Waals surface area contributed by atoms with Gasteiger partial charge in [-0.15, -0.1) is 11.3 Å². The number of ether oxygens (including phenoxy) is 1. The molecule has 2 rings (SSSR count). The largest absolute Gasteiger partial charge is 0.380 e. The molecule has 1 aromatic rings. The Morgan fingerprint density at radius 1 is 1.67 bits per heavy atom. The third kappa shape index (κ3) is 2.74. The second-order valence-electron chi connectivity index (χ2n) is 4.69. The average molecular weight is 268 g/mol. The zero-order valence-corrected chi connectivity index (χ0v) is 11.9. The first kappa shape index (κ1) is 13.5. The molecule has 0 spiro atoms. The topological polar surface area (TPSA) is 41.6 Å². The molecular formula is C13H20N2O2S. The van der Waals surface area contributed by atoms with Crippen molar-refractivity contribution in [2.75, 3.05) is 20.7 Å². The van der Waals surface area contributed by atoms with Gasteiger partial charge in [0.15, 0.2) is 0 Å². The van der Waals surface area contributed by atoms with Crippen LogP contribution in [0.3, 0.4) is 0 Å². The number of amides is 1. The zero-order chi connectivity index (χ0) is 13.1. The molecule has 3 atom stereocenters. The predicted octanol–water partition coefficient (Wildman–Crippen LogP) is 1.64. The fourth-order valence-corrected chi connectivity index (χ4v) is 3.05. The maximum atomic E-state index is 12.4. The van der Waals surface area contributed by atoms with Gasteiger partial charge in [0.2, 0.25) is 5.91 Å². The number of thiophene rings is 1. The number of rotatable bonds is 4. The van der Waals surface area contributed by atoms with Gasteiger partial charge in [0, 0.05) is 25.6 Å². The molecule has 0 saturated carbocycles. The molecule has 1 fully saturated rings. The second kappa shape index (κ2) is 5.82. The lowest BCUT2D eigenvalue weighted by Gasteiger charge is -2.27. The van der Waals surface area contributed by atoms with Crippen LogP contribution in [0.15, 0.2) is 17.5 Å². The highest BCUT2D eigenvalue weighted by Crippen LogP contribution is 2.25. The van der Waals surface area contributed by atoms with Gasteiger partial charge >= 0.3 is 0 Å². The lowest BCUT2D eigenvalue weighted by molar-refractivity contribution is -0.133. The molecule has 1 N–H and O–H groups in total. The van der Waals surface area contributed by atoms with Crippen LogP contribution >= 0.6 is 11.3 Å². The maximum absolute atomic E-state index is 12.4. The standard InChI is InChI=1S/C13H20N2O2S/c1-9(12-5-4-6-18-12)15(2)13(16)11-7-10(17-3)8-14-11/h4-6,9-11,14H,7-8H2,1-3H3. The van der Waals surface area contributed by atoms with E-state index in [0.29, 0.717) is 0 Å². The van der Waals surface area contributed by atoms with Gasteiger partial charge in [-0.2, -0.15) is 0 Å². The minimum atomic E-state index is -0.109. The summed E-state index contributed by atoms with van der Waals surface area (Å²) in [6.07, 6.45) is 0.918. The highest BCUT2D eigenvalue weighted by molar-refractivity contribution is 7.10. The van der Waals surface area contributed by atoms with Crippen LogP contribution in [-0.4, -0.2) is 43.7 Å². The lowest BCUT2D eigenvalue weighted by Crippen LogP contribution is -2.42. The number of carbonyl (C=O) groups excluding carboxylic acids is 1. The van der Waals surface area contributed by atoms with Gasteiger partial charge in [-0.25, -0.2) is 0 Å². The second-order valence-corrected chi connectivity index (χ2v) is 5.67. The lowest BCUT2D eigenvalue weighted by atomic mass is 10.1. The molecule has 0 bridgehead atoms. The van der Waals surface area contributed by atoms with E-state index in [1.165, 1.54) is 4.88 Å². The molecule has 2 heterocycles. The van der Waals surface area contributed by atoms with Crippen LogP contribution in [-0.2, 0) is 9.53 Å². The summed E-state index contributed by atoms with van der Waals surface area (Å²) >= 11 is 1.69. The summed E-state index contributed by atoms with van der Waals surface area (Å²) in [5.74, 6) is 0.149. The van der Waals surface area contributed by atoms with Crippen molar-refractivity contribution in [1.29, 1.82) is 0 Å². The van der Waals surface area contributed by atoms with Gasteiger partial charge < -0.3 is 15.0 Å². The van der Waals surface area contributed by atoms with Crippen molar-refractivity contribution in [3.8, 4) is 0 Å². The summed E-state index contributed by atoms with van der Waals surface area (Å²) in [6.45, 7) is 2.82. The van der Waals surface area contributed by atoms with Crippen LogP contribution in [0.4, 0.5) is 0 Å². The molecule has 100 valence electrons. The number of methoxy groups -OCH3 is 1. The Labute approximate surface area is 112 Å². The Hall–Kier alpha value is -0.910. The fourth-order valence-electron chi connectivity index (χ4n) is 2.23. The summed E-state index contributed by atoms with van der Waals surface area (Å²) in [5, 5.41) is 5.27. The molecule has 18 heavy (non-hydrogen) atoms. The quantitative estimate of drug-likeness (QED) is 0.902. The molecule has 1 amide bonds. The van der Waals surface area contributed by atoms with Crippen LogP contribution in [0.1, 0.15) is 24.3 Å². The van der Waals surface area contributed by atoms with Crippen molar-refractivity contribution < 1.29 is 9.53 Å². The van der Waals surface area contributed by atoms with Gasteiger partial charge in [-0.3, -0.25) is 4.79 Å². The monoisotopic (exact) mass is 268 g/mol. The number of hydrogen-bond acceptors (Lipinski definition) is 4. The van der Waals surface area contributed by atoms with Gasteiger partial charge in [-0.1, -0.05) is 6.07 Å². The number of nitrogens with zero attached hydrogens (tertiary/aromatic N) is 1. The molecule has 0 aliphatic carbocycles. The smallest absolute Gasteiger partial charge is 0.240 e. The van der Waals surface area contributed by atoms with E-state index in [4.69, 9.17) is 4.74 Å². The Bertz CT molecular complexity index is 394. The highest BCUT2D eigenvalue weighted by Gasteiger charge is 2.32.